The van der Waals surface area contributed by atoms with Crippen molar-refractivity contribution < 1.29 is 27.5 Å². The van der Waals surface area contributed by atoms with Gasteiger partial charge in [-0.2, -0.15) is 4.31 Å². The smallest absolute Gasteiger partial charge is 0.262 e. The van der Waals surface area contributed by atoms with Gasteiger partial charge in [-0.05, 0) is 25.0 Å². The number of hydrogen-bond acceptors (Lipinski definition) is 7. The van der Waals surface area contributed by atoms with E-state index in [4.69, 9.17) is 9.47 Å². The van der Waals surface area contributed by atoms with Crippen LogP contribution in [0.3, 0.4) is 0 Å². The zero-order valence-corrected chi connectivity index (χ0v) is 21.7. The Bertz CT molecular complexity index is 1180. The molecule has 0 aliphatic carbocycles. The first-order valence-electron chi connectivity index (χ1n) is 11.3. The summed E-state index contributed by atoms with van der Waals surface area (Å²) in [6, 6.07) is 4.18. The number of aromatic nitrogens is 2. The summed E-state index contributed by atoms with van der Waals surface area (Å²) in [5, 5.41) is 2.62. The van der Waals surface area contributed by atoms with Gasteiger partial charge in [-0.1, -0.05) is 6.92 Å². The number of imidazole rings is 1. The van der Waals surface area contributed by atoms with E-state index < -0.39 is 22.2 Å². The molecule has 2 amide bonds. The van der Waals surface area contributed by atoms with Crippen molar-refractivity contribution in [2.75, 3.05) is 39.2 Å². The van der Waals surface area contributed by atoms with Crippen LogP contribution in [-0.2, 0) is 26.6 Å². The minimum absolute atomic E-state index is 0.0239. The second-order valence-corrected chi connectivity index (χ2v) is 10.8. The molecule has 0 fully saturated rings. The molecule has 0 saturated carbocycles. The number of nitrogens with zero attached hydrogens (tertiary/aromatic N) is 4. The highest BCUT2D eigenvalue weighted by atomic mass is 32.2. The number of sulfonamides is 1. The van der Waals surface area contributed by atoms with Crippen LogP contribution >= 0.6 is 0 Å². The van der Waals surface area contributed by atoms with Gasteiger partial charge in [0, 0.05) is 59.2 Å². The number of carbonyl (C=O) groups excluding carboxylic acids is 2. The summed E-state index contributed by atoms with van der Waals surface area (Å²) in [6.07, 6.45) is 2.48. The van der Waals surface area contributed by atoms with Crippen molar-refractivity contribution in [3.05, 3.63) is 36.3 Å². The van der Waals surface area contributed by atoms with Crippen LogP contribution in [0.5, 0.6) is 5.75 Å². The van der Waals surface area contributed by atoms with Crippen LogP contribution in [0, 0.1) is 5.92 Å². The van der Waals surface area contributed by atoms with Crippen molar-refractivity contribution in [2.45, 2.75) is 37.9 Å². The average Bonchev–Trinajstić information content (AvgIpc) is 3.24. The fraction of sp³-hybridized carbons (Fsp3) is 0.522. The van der Waals surface area contributed by atoms with Gasteiger partial charge >= 0.3 is 0 Å². The van der Waals surface area contributed by atoms with Crippen molar-refractivity contribution in [1.82, 2.24) is 18.8 Å². The second-order valence-electron chi connectivity index (χ2n) is 8.94. The topological polar surface area (TPSA) is 123 Å². The molecule has 0 saturated heterocycles. The van der Waals surface area contributed by atoms with E-state index in [2.05, 4.69) is 10.3 Å². The Morgan fingerprint density at radius 2 is 1.94 bits per heavy atom. The molecule has 0 unspecified atom stereocenters. The number of hydrogen-bond donors (Lipinski definition) is 1. The summed E-state index contributed by atoms with van der Waals surface area (Å²) in [5.41, 5.74) is 0.767. The Morgan fingerprint density at radius 1 is 1.23 bits per heavy atom. The van der Waals surface area contributed by atoms with Crippen LogP contribution in [0.25, 0.3) is 0 Å². The summed E-state index contributed by atoms with van der Waals surface area (Å²) in [4.78, 5) is 30.3. The van der Waals surface area contributed by atoms with E-state index in [0.29, 0.717) is 11.3 Å². The number of amides is 2. The molecule has 2 aromatic rings. The fourth-order valence-electron chi connectivity index (χ4n) is 4.00. The molecular weight excluding hydrogens is 474 g/mol. The van der Waals surface area contributed by atoms with Crippen molar-refractivity contribution >= 4 is 27.5 Å². The second kappa shape index (κ2) is 10.8. The van der Waals surface area contributed by atoms with E-state index >= 15 is 0 Å². The highest BCUT2D eigenvalue weighted by Crippen LogP contribution is 2.28. The van der Waals surface area contributed by atoms with Crippen LogP contribution in [0.1, 0.15) is 31.1 Å². The first-order valence-corrected chi connectivity index (χ1v) is 12.7. The summed E-state index contributed by atoms with van der Waals surface area (Å²) >= 11 is 0. The number of carbonyl (C=O) groups is 2. The van der Waals surface area contributed by atoms with E-state index in [1.807, 2.05) is 6.92 Å². The number of likely N-dealkylation sites (N-methyl/N-ethyl adjacent to an activating group) is 1. The number of methoxy groups -OCH3 is 1. The lowest BCUT2D eigenvalue weighted by Gasteiger charge is -2.35. The van der Waals surface area contributed by atoms with Gasteiger partial charge in [0.2, 0.25) is 5.91 Å². The van der Waals surface area contributed by atoms with E-state index in [-0.39, 0.29) is 48.2 Å². The molecular formula is C23H33N5O6S. The van der Waals surface area contributed by atoms with Gasteiger partial charge in [0.05, 0.1) is 24.0 Å². The molecule has 35 heavy (non-hydrogen) atoms. The summed E-state index contributed by atoms with van der Waals surface area (Å²) in [7, 11) is 0.963. The van der Waals surface area contributed by atoms with E-state index in [1.54, 1.807) is 50.9 Å². The monoisotopic (exact) mass is 507 g/mol. The van der Waals surface area contributed by atoms with E-state index in [9.17, 15) is 18.0 Å². The maximum atomic E-state index is 13.5. The zero-order chi connectivity index (χ0) is 25.9. The molecule has 12 heteroatoms. The third-order valence-corrected chi connectivity index (χ3v) is 7.83. The van der Waals surface area contributed by atoms with Gasteiger partial charge in [0.15, 0.2) is 5.03 Å². The van der Waals surface area contributed by atoms with Gasteiger partial charge < -0.3 is 24.3 Å². The first-order chi connectivity index (χ1) is 16.4. The quantitative estimate of drug-likeness (QED) is 0.666. The van der Waals surface area contributed by atoms with Gasteiger partial charge in [-0.15, -0.1) is 0 Å². The van der Waals surface area contributed by atoms with Crippen LogP contribution in [0.2, 0.25) is 0 Å². The fourth-order valence-corrected chi connectivity index (χ4v) is 5.68. The molecule has 3 atom stereocenters. The molecule has 0 bridgehead atoms. The number of fused-ring (bicyclic) bond motifs is 1. The first kappa shape index (κ1) is 26.6. The molecule has 2 heterocycles. The Morgan fingerprint density at radius 3 is 2.54 bits per heavy atom. The van der Waals surface area contributed by atoms with Crippen LogP contribution < -0.4 is 10.1 Å². The summed E-state index contributed by atoms with van der Waals surface area (Å²) in [5.74, 6) is -0.524. The maximum Gasteiger partial charge on any atom is 0.262 e. The highest BCUT2D eigenvalue weighted by Gasteiger charge is 2.35. The van der Waals surface area contributed by atoms with Gasteiger partial charge in [0.25, 0.3) is 15.9 Å². The predicted molar refractivity (Wildman–Crippen MR) is 130 cm³/mol. The minimum atomic E-state index is -3.94. The third-order valence-electron chi connectivity index (χ3n) is 5.96. The van der Waals surface area contributed by atoms with Gasteiger partial charge in [0.1, 0.15) is 12.4 Å². The average molecular weight is 508 g/mol. The summed E-state index contributed by atoms with van der Waals surface area (Å²) < 4.78 is 41.7. The largest absolute Gasteiger partial charge is 0.491 e. The van der Waals surface area contributed by atoms with Crippen molar-refractivity contribution in [3.63, 3.8) is 0 Å². The van der Waals surface area contributed by atoms with E-state index in [0.717, 1.165) is 0 Å². The molecule has 1 N–H and O–H groups in total. The van der Waals surface area contributed by atoms with Crippen molar-refractivity contribution in [2.24, 2.45) is 13.0 Å². The van der Waals surface area contributed by atoms with Crippen molar-refractivity contribution in [3.8, 4) is 5.75 Å². The number of anilines is 1. The lowest BCUT2D eigenvalue weighted by Crippen LogP contribution is -2.48. The van der Waals surface area contributed by atoms with Gasteiger partial charge in [-0.25, -0.2) is 13.4 Å². The van der Waals surface area contributed by atoms with Crippen LogP contribution in [0.4, 0.5) is 5.69 Å². The molecule has 1 aliphatic heterocycles. The van der Waals surface area contributed by atoms with Crippen LogP contribution in [0.15, 0.2) is 35.7 Å². The lowest BCUT2D eigenvalue weighted by atomic mass is 10.0. The van der Waals surface area contributed by atoms with Crippen LogP contribution in [-0.4, -0.2) is 85.0 Å². The molecule has 1 aromatic carbocycles. The molecule has 0 radical (unpaired) electrons. The Kier molecular flexibility index (Phi) is 8.18. The Balaban J connectivity index is 2.05. The number of rotatable bonds is 4. The van der Waals surface area contributed by atoms with Crippen molar-refractivity contribution in [1.29, 1.82) is 0 Å². The molecule has 0 spiro atoms. The maximum absolute atomic E-state index is 13.5. The third kappa shape index (κ3) is 6.00. The predicted octanol–water partition coefficient (Wildman–Crippen LogP) is 1.57. The number of nitrogens with one attached hydrogen (secondary N) is 1. The summed E-state index contributed by atoms with van der Waals surface area (Å²) in [6.45, 7) is 5.38. The minimum Gasteiger partial charge on any atom is -0.491 e. The number of aryl methyl sites for hydroxylation is 1. The van der Waals surface area contributed by atoms with E-state index in [1.165, 1.54) is 28.7 Å². The lowest BCUT2D eigenvalue weighted by molar-refractivity contribution is -0.114. The highest BCUT2D eigenvalue weighted by molar-refractivity contribution is 7.89. The Hall–Kier alpha value is -2.96. The van der Waals surface area contributed by atoms with Gasteiger partial charge in [-0.3, -0.25) is 9.59 Å². The Labute approximate surface area is 206 Å². The molecule has 1 aromatic heterocycles. The molecule has 192 valence electrons. The zero-order valence-electron chi connectivity index (χ0n) is 20.9. The molecule has 11 nitrogen and oxygen atoms in total. The number of benzene rings is 1. The molecule has 3 rings (SSSR count). The molecule has 1 aliphatic rings. The standard InChI is InChI=1S/C23H33N5O6S/c1-15-10-28(35(31,32)22-12-26(4)14-24-22)16(2)13-34-20-9-18(25-17(3)29)7-8-19(20)23(30)27(5)11-21(15)33-6/h7-9,12,14-16,21H,10-11,13H2,1-6H3,(H,25,29)/t15-,16-,21-/m0/s1. The number of ether oxygens (including phenoxy) is 2. The normalized spacial score (nSPS) is 22.5. The SMILES string of the molecule is CO[C@H]1CN(C)C(=O)c2ccc(NC(C)=O)cc2OC[C@H](C)N(S(=O)(=O)c2cn(C)cn2)C[C@@H]1C.